The summed E-state index contributed by atoms with van der Waals surface area (Å²) in [6.07, 6.45) is 3.82. The van der Waals surface area contributed by atoms with Crippen LogP contribution in [0.1, 0.15) is 23.3 Å². The molecular formula is C14H14BrNO. The van der Waals surface area contributed by atoms with Gasteiger partial charge < -0.3 is 17.0 Å². The highest BCUT2D eigenvalue weighted by Crippen LogP contribution is 2.07. The third kappa shape index (κ3) is 3.24. The van der Waals surface area contributed by atoms with Crippen molar-refractivity contribution in [1.29, 1.82) is 0 Å². The van der Waals surface area contributed by atoms with Gasteiger partial charge in [0.25, 0.3) is 0 Å². The number of carbonyl (C=O) groups excluding carboxylic acids is 1. The molecule has 2 nitrogen and oxygen atoms in total. The fourth-order valence-corrected chi connectivity index (χ4v) is 1.65. The van der Waals surface area contributed by atoms with Crippen molar-refractivity contribution in [3.05, 3.63) is 66.5 Å². The van der Waals surface area contributed by atoms with E-state index in [1.54, 1.807) is 0 Å². The summed E-state index contributed by atoms with van der Waals surface area (Å²) in [5, 5.41) is 0. The van der Waals surface area contributed by atoms with Crippen molar-refractivity contribution in [3.8, 4) is 0 Å². The van der Waals surface area contributed by atoms with Gasteiger partial charge in [-0.25, -0.2) is 0 Å². The van der Waals surface area contributed by atoms with Crippen molar-refractivity contribution in [3.63, 3.8) is 0 Å². The molecule has 0 aliphatic carbocycles. The summed E-state index contributed by atoms with van der Waals surface area (Å²) in [5.74, 6) is 0.136. The monoisotopic (exact) mass is 291 g/mol. The number of halogens is 1. The van der Waals surface area contributed by atoms with E-state index >= 15 is 0 Å². The first-order valence-electron chi connectivity index (χ1n) is 5.34. The number of pyridine rings is 1. The summed E-state index contributed by atoms with van der Waals surface area (Å²) in [6.45, 7) is 1.91. The molecule has 2 rings (SSSR count). The van der Waals surface area contributed by atoms with E-state index in [1.165, 1.54) is 0 Å². The zero-order valence-corrected chi connectivity index (χ0v) is 11.2. The summed E-state index contributed by atoms with van der Waals surface area (Å²) < 4.78 is 1.91. The van der Waals surface area contributed by atoms with Crippen LogP contribution in [0.2, 0.25) is 0 Å². The molecule has 1 aromatic heterocycles. The number of hydrogen-bond acceptors (Lipinski definition) is 1. The van der Waals surface area contributed by atoms with Crippen LogP contribution in [0, 0.1) is 0 Å². The molecule has 1 aromatic carbocycles. The molecule has 2 aromatic rings. The first-order chi connectivity index (χ1) is 7.79. The van der Waals surface area contributed by atoms with E-state index in [0.29, 0.717) is 0 Å². The van der Waals surface area contributed by atoms with Gasteiger partial charge in [-0.15, -0.1) is 0 Å². The Hall–Kier alpha value is -1.48. The number of ketones is 1. The van der Waals surface area contributed by atoms with Gasteiger partial charge in [-0.2, -0.15) is 4.57 Å². The molecule has 0 radical (unpaired) electrons. The molecule has 0 saturated heterocycles. The Morgan fingerprint density at radius 2 is 1.53 bits per heavy atom. The third-order valence-electron chi connectivity index (χ3n) is 2.62. The van der Waals surface area contributed by atoms with E-state index in [9.17, 15) is 4.79 Å². The lowest BCUT2D eigenvalue weighted by Crippen LogP contribution is -3.00. The molecular weight excluding hydrogens is 278 g/mol. The molecule has 0 amide bonds. The van der Waals surface area contributed by atoms with E-state index in [0.717, 1.165) is 5.56 Å². The lowest BCUT2D eigenvalue weighted by atomic mass is 10.1. The van der Waals surface area contributed by atoms with Gasteiger partial charge in [0, 0.05) is 24.6 Å². The average Bonchev–Trinajstić information content (AvgIpc) is 2.39. The van der Waals surface area contributed by atoms with Gasteiger partial charge in [0.2, 0.25) is 11.8 Å². The maximum absolute atomic E-state index is 12.1. The normalized spacial score (nSPS) is 11.4. The van der Waals surface area contributed by atoms with Gasteiger partial charge in [-0.1, -0.05) is 36.4 Å². The van der Waals surface area contributed by atoms with Crippen LogP contribution in [0.25, 0.3) is 0 Å². The molecule has 1 atom stereocenters. The Bertz CT molecular complexity index is 470. The van der Waals surface area contributed by atoms with Gasteiger partial charge in [0.05, 0.1) is 0 Å². The van der Waals surface area contributed by atoms with Crippen molar-refractivity contribution in [2.75, 3.05) is 0 Å². The van der Waals surface area contributed by atoms with Crippen LogP contribution in [0.15, 0.2) is 60.9 Å². The molecule has 1 unspecified atom stereocenters. The fraction of sp³-hybridized carbons (Fsp3) is 0.143. The maximum atomic E-state index is 12.1. The zero-order chi connectivity index (χ0) is 11.4. The van der Waals surface area contributed by atoms with Crippen LogP contribution in [0.5, 0.6) is 0 Å². The van der Waals surface area contributed by atoms with Crippen molar-refractivity contribution >= 4 is 5.78 Å². The largest absolute Gasteiger partial charge is 1.00 e. The molecule has 0 aliphatic heterocycles. The Balaban J connectivity index is 0.00000144. The Labute approximate surface area is 112 Å². The molecule has 0 N–H and O–H groups in total. The van der Waals surface area contributed by atoms with Crippen LogP contribution in [-0.2, 0) is 0 Å². The number of hydrogen-bond donors (Lipinski definition) is 0. The average molecular weight is 292 g/mol. The molecule has 17 heavy (non-hydrogen) atoms. The van der Waals surface area contributed by atoms with Crippen LogP contribution in [-0.4, -0.2) is 5.78 Å². The van der Waals surface area contributed by atoms with Gasteiger partial charge >= 0.3 is 0 Å². The molecule has 0 bridgehead atoms. The number of benzene rings is 1. The van der Waals surface area contributed by atoms with Gasteiger partial charge in [0.15, 0.2) is 12.4 Å². The van der Waals surface area contributed by atoms with Crippen molar-refractivity contribution in [2.24, 2.45) is 0 Å². The lowest BCUT2D eigenvalue weighted by Gasteiger charge is -2.05. The molecule has 0 spiro atoms. The summed E-state index contributed by atoms with van der Waals surface area (Å²) >= 11 is 0. The molecule has 0 fully saturated rings. The Morgan fingerprint density at radius 1 is 1.00 bits per heavy atom. The highest BCUT2D eigenvalue weighted by molar-refractivity contribution is 5.97. The standard InChI is InChI=1S/C14H14NO.BrH/c1-12(15-10-6-3-7-11-15)14(16)13-8-4-2-5-9-13;/h2-12H,1H3;1H/q+1;/p-1. The summed E-state index contributed by atoms with van der Waals surface area (Å²) in [5.41, 5.74) is 0.756. The van der Waals surface area contributed by atoms with Crippen molar-refractivity contribution in [1.82, 2.24) is 0 Å². The van der Waals surface area contributed by atoms with Crippen LogP contribution >= 0.6 is 0 Å². The van der Waals surface area contributed by atoms with Crippen molar-refractivity contribution < 1.29 is 26.3 Å². The predicted molar refractivity (Wildman–Crippen MR) is 62.1 cm³/mol. The second-order valence-electron chi connectivity index (χ2n) is 3.73. The highest BCUT2D eigenvalue weighted by atomic mass is 79.9. The second-order valence-corrected chi connectivity index (χ2v) is 3.73. The van der Waals surface area contributed by atoms with E-state index < -0.39 is 0 Å². The number of carbonyl (C=O) groups is 1. The minimum absolute atomic E-state index is 0. The van der Waals surface area contributed by atoms with Crippen LogP contribution < -0.4 is 21.5 Å². The number of nitrogens with zero attached hydrogens (tertiary/aromatic N) is 1. The first kappa shape index (κ1) is 13.6. The van der Waals surface area contributed by atoms with Gasteiger partial charge in [0.1, 0.15) is 0 Å². The molecule has 3 heteroatoms. The molecule has 0 aliphatic rings. The van der Waals surface area contributed by atoms with Crippen LogP contribution in [0.3, 0.4) is 0 Å². The zero-order valence-electron chi connectivity index (χ0n) is 9.58. The van der Waals surface area contributed by atoms with E-state index in [2.05, 4.69) is 0 Å². The Morgan fingerprint density at radius 3 is 2.12 bits per heavy atom. The molecule has 1 heterocycles. The summed E-state index contributed by atoms with van der Waals surface area (Å²) in [7, 11) is 0. The smallest absolute Gasteiger partial charge is 0.230 e. The van der Waals surface area contributed by atoms with Crippen molar-refractivity contribution in [2.45, 2.75) is 13.0 Å². The second kappa shape index (κ2) is 6.30. The van der Waals surface area contributed by atoms with E-state index in [1.807, 2.05) is 72.4 Å². The van der Waals surface area contributed by atoms with Gasteiger partial charge in [-0.05, 0) is 0 Å². The minimum Gasteiger partial charge on any atom is -1.00 e. The first-order valence-corrected chi connectivity index (χ1v) is 5.34. The summed E-state index contributed by atoms with van der Waals surface area (Å²) in [6, 6.07) is 15.0. The quantitative estimate of drug-likeness (QED) is 0.548. The number of aromatic nitrogens is 1. The Kier molecular flexibility index (Phi) is 5.04. The minimum atomic E-state index is -0.163. The van der Waals surface area contributed by atoms with Crippen LogP contribution in [0.4, 0.5) is 0 Å². The SMILES string of the molecule is CC(C(=O)c1ccccc1)[n+]1ccccc1.[Br-]. The summed E-state index contributed by atoms with van der Waals surface area (Å²) in [4.78, 5) is 12.1. The third-order valence-corrected chi connectivity index (χ3v) is 2.62. The number of rotatable bonds is 3. The lowest BCUT2D eigenvalue weighted by molar-refractivity contribution is -0.704. The van der Waals surface area contributed by atoms with E-state index in [-0.39, 0.29) is 28.8 Å². The van der Waals surface area contributed by atoms with E-state index in [4.69, 9.17) is 0 Å². The number of Topliss-reactive ketones (excluding diaryl/α,β-unsaturated/α-hetero) is 1. The topological polar surface area (TPSA) is 20.9 Å². The fourth-order valence-electron chi connectivity index (χ4n) is 1.65. The molecule has 0 saturated carbocycles. The molecule has 88 valence electrons. The van der Waals surface area contributed by atoms with Gasteiger partial charge in [-0.3, -0.25) is 4.79 Å². The highest BCUT2D eigenvalue weighted by Gasteiger charge is 2.22. The predicted octanol–water partition coefficient (Wildman–Crippen LogP) is -0.578. The maximum Gasteiger partial charge on any atom is 0.230 e.